The van der Waals surface area contributed by atoms with Crippen LogP contribution in [-0.2, 0) is 4.79 Å². The minimum Gasteiger partial charge on any atom is -0.395 e. The van der Waals surface area contributed by atoms with E-state index in [0.717, 1.165) is 11.3 Å². The molecule has 0 fully saturated rings. The van der Waals surface area contributed by atoms with Crippen molar-refractivity contribution in [2.45, 2.75) is 19.8 Å². The minimum atomic E-state index is -0.183. The first-order valence-electron chi connectivity index (χ1n) is 8.31. The van der Waals surface area contributed by atoms with Crippen LogP contribution in [0.5, 0.6) is 0 Å². The number of hydrogen-bond donors (Lipinski definition) is 2. The van der Waals surface area contributed by atoms with Crippen LogP contribution >= 0.6 is 0 Å². The van der Waals surface area contributed by atoms with Crippen LogP contribution in [0.25, 0.3) is 0 Å². The molecule has 0 aromatic heterocycles. The Bertz CT molecular complexity index is 709. The van der Waals surface area contributed by atoms with E-state index < -0.39 is 0 Å². The number of carbonyl (C=O) groups excluding carboxylic acids is 2. The molecule has 0 heterocycles. The summed E-state index contributed by atoms with van der Waals surface area (Å²) in [6, 6.07) is 14.7. The second-order valence-corrected chi connectivity index (χ2v) is 6.03. The summed E-state index contributed by atoms with van der Waals surface area (Å²) < 4.78 is 0. The highest BCUT2D eigenvalue weighted by Gasteiger charge is 2.10. The van der Waals surface area contributed by atoms with E-state index in [1.165, 1.54) is 0 Å². The molecular formula is C20H24N2O3. The van der Waals surface area contributed by atoms with Crippen molar-refractivity contribution in [1.82, 2.24) is 0 Å². The number of carbonyl (C=O) groups is 2. The highest BCUT2D eigenvalue weighted by Crippen LogP contribution is 2.17. The number of anilines is 2. The van der Waals surface area contributed by atoms with Crippen molar-refractivity contribution in [1.29, 1.82) is 0 Å². The Hall–Kier alpha value is -2.66. The SMILES string of the molecule is Cc1ccc(C(=O)CCC(=O)Nc2ccc(N(C)CCO)cc2)cc1. The standard InChI is InChI=1S/C20H24N2O3/c1-15-3-5-16(6-4-15)19(24)11-12-20(25)21-17-7-9-18(10-8-17)22(2)13-14-23/h3-10,23H,11-14H2,1-2H3,(H,21,25). The lowest BCUT2D eigenvalue weighted by Crippen LogP contribution is -2.21. The van der Waals surface area contributed by atoms with Gasteiger partial charge in [0.15, 0.2) is 5.78 Å². The number of aliphatic hydroxyl groups excluding tert-OH is 1. The number of nitrogens with zero attached hydrogens (tertiary/aromatic N) is 1. The molecule has 0 bridgehead atoms. The zero-order valence-electron chi connectivity index (χ0n) is 14.7. The van der Waals surface area contributed by atoms with Crippen LogP contribution in [0.2, 0.25) is 0 Å². The molecule has 0 radical (unpaired) electrons. The van der Waals surface area contributed by atoms with Gasteiger partial charge in [-0.05, 0) is 31.2 Å². The second-order valence-electron chi connectivity index (χ2n) is 6.03. The van der Waals surface area contributed by atoms with Gasteiger partial charge in [-0.15, -0.1) is 0 Å². The van der Waals surface area contributed by atoms with Crippen LogP contribution in [0.4, 0.5) is 11.4 Å². The molecule has 0 atom stereocenters. The molecule has 2 aromatic carbocycles. The Balaban J connectivity index is 1.83. The van der Waals surface area contributed by atoms with Gasteiger partial charge in [0.25, 0.3) is 0 Å². The molecule has 0 aliphatic carbocycles. The Labute approximate surface area is 148 Å². The smallest absolute Gasteiger partial charge is 0.224 e. The van der Waals surface area contributed by atoms with Crippen molar-refractivity contribution < 1.29 is 14.7 Å². The van der Waals surface area contributed by atoms with E-state index in [1.54, 1.807) is 12.1 Å². The number of likely N-dealkylation sites (N-methyl/N-ethyl adjacent to an activating group) is 1. The van der Waals surface area contributed by atoms with Gasteiger partial charge in [-0.1, -0.05) is 29.8 Å². The Morgan fingerprint density at radius 2 is 1.64 bits per heavy atom. The first-order valence-corrected chi connectivity index (χ1v) is 8.31. The molecule has 2 rings (SSSR count). The number of ketones is 1. The highest BCUT2D eigenvalue weighted by molar-refractivity contribution is 6.00. The third-order valence-electron chi connectivity index (χ3n) is 3.98. The second kappa shape index (κ2) is 8.99. The molecule has 0 aliphatic heterocycles. The molecule has 0 unspecified atom stereocenters. The average molecular weight is 340 g/mol. The van der Waals surface area contributed by atoms with E-state index in [0.29, 0.717) is 17.8 Å². The number of amides is 1. The minimum absolute atomic E-state index is 0.0314. The average Bonchev–Trinajstić information content (AvgIpc) is 2.61. The Morgan fingerprint density at radius 3 is 2.24 bits per heavy atom. The van der Waals surface area contributed by atoms with Crippen LogP contribution in [0.15, 0.2) is 48.5 Å². The molecular weight excluding hydrogens is 316 g/mol. The summed E-state index contributed by atoms with van der Waals surface area (Å²) in [6.07, 6.45) is 0.338. The number of Topliss-reactive ketones (excluding diaryl/α,β-unsaturated/α-hetero) is 1. The van der Waals surface area contributed by atoms with Crippen molar-refractivity contribution in [2.75, 3.05) is 30.4 Å². The van der Waals surface area contributed by atoms with Gasteiger partial charge >= 0.3 is 0 Å². The van der Waals surface area contributed by atoms with E-state index in [1.807, 2.05) is 55.3 Å². The zero-order chi connectivity index (χ0) is 18.2. The molecule has 0 saturated carbocycles. The Kier molecular flexibility index (Phi) is 6.71. The number of benzene rings is 2. The molecule has 2 aromatic rings. The van der Waals surface area contributed by atoms with Crippen LogP contribution < -0.4 is 10.2 Å². The van der Waals surface area contributed by atoms with Gasteiger partial charge < -0.3 is 15.3 Å². The zero-order valence-corrected chi connectivity index (χ0v) is 14.7. The van der Waals surface area contributed by atoms with Gasteiger partial charge in [-0.3, -0.25) is 9.59 Å². The van der Waals surface area contributed by atoms with Crippen molar-refractivity contribution in [2.24, 2.45) is 0 Å². The van der Waals surface area contributed by atoms with Crippen molar-refractivity contribution in [3.63, 3.8) is 0 Å². The normalized spacial score (nSPS) is 10.4. The quantitative estimate of drug-likeness (QED) is 0.725. The lowest BCUT2D eigenvalue weighted by Gasteiger charge is -2.18. The van der Waals surface area contributed by atoms with E-state index >= 15 is 0 Å². The van der Waals surface area contributed by atoms with Gasteiger partial charge in [0.1, 0.15) is 0 Å². The monoisotopic (exact) mass is 340 g/mol. The molecule has 0 aliphatic rings. The maximum Gasteiger partial charge on any atom is 0.224 e. The van der Waals surface area contributed by atoms with Gasteiger partial charge in [0, 0.05) is 43.4 Å². The molecule has 1 amide bonds. The van der Waals surface area contributed by atoms with E-state index in [4.69, 9.17) is 5.11 Å². The first kappa shape index (κ1) is 18.7. The number of rotatable bonds is 8. The fourth-order valence-corrected chi connectivity index (χ4v) is 2.41. The first-order chi connectivity index (χ1) is 12.0. The fourth-order valence-electron chi connectivity index (χ4n) is 2.41. The van der Waals surface area contributed by atoms with Crippen LogP contribution in [0, 0.1) is 6.92 Å². The van der Waals surface area contributed by atoms with Gasteiger partial charge in [0.05, 0.1) is 6.61 Å². The van der Waals surface area contributed by atoms with Gasteiger partial charge in [-0.25, -0.2) is 0 Å². The van der Waals surface area contributed by atoms with Crippen molar-refractivity contribution in [3.8, 4) is 0 Å². The van der Waals surface area contributed by atoms with Gasteiger partial charge in [0.2, 0.25) is 5.91 Å². The highest BCUT2D eigenvalue weighted by atomic mass is 16.3. The van der Waals surface area contributed by atoms with Crippen molar-refractivity contribution >= 4 is 23.1 Å². The van der Waals surface area contributed by atoms with Crippen LogP contribution in [-0.4, -0.2) is 37.0 Å². The van der Waals surface area contributed by atoms with Crippen LogP contribution in [0.3, 0.4) is 0 Å². The number of aryl methyl sites for hydroxylation is 1. The molecule has 2 N–H and O–H groups in total. The summed E-state index contributed by atoms with van der Waals surface area (Å²) in [5, 5.41) is 11.7. The van der Waals surface area contributed by atoms with E-state index in [2.05, 4.69) is 5.32 Å². The van der Waals surface area contributed by atoms with E-state index in [-0.39, 0.29) is 31.1 Å². The molecule has 132 valence electrons. The molecule has 5 heteroatoms. The topological polar surface area (TPSA) is 69.6 Å². The largest absolute Gasteiger partial charge is 0.395 e. The number of hydrogen-bond acceptors (Lipinski definition) is 4. The molecule has 0 spiro atoms. The summed E-state index contributed by atoms with van der Waals surface area (Å²) in [5.74, 6) is -0.215. The predicted molar refractivity (Wildman–Crippen MR) is 100 cm³/mol. The summed E-state index contributed by atoms with van der Waals surface area (Å²) >= 11 is 0. The molecule has 25 heavy (non-hydrogen) atoms. The van der Waals surface area contributed by atoms with Crippen molar-refractivity contribution in [3.05, 3.63) is 59.7 Å². The summed E-state index contributed by atoms with van der Waals surface area (Å²) in [5.41, 5.74) is 3.38. The maximum atomic E-state index is 12.1. The fraction of sp³-hybridized carbons (Fsp3) is 0.300. The number of nitrogens with one attached hydrogen (secondary N) is 1. The summed E-state index contributed by atoms with van der Waals surface area (Å²) in [6.45, 7) is 2.60. The lowest BCUT2D eigenvalue weighted by atomic mass is 10.0. The maximum absolute atomic E-state index is 12.1. The number of aliphatic hydroxyl groups is 1. The Morgan fingerprint density at radius 1 is 1.00 bits per heavy atom. The molecule has 0 saturated heterocycles. The summed E-state index contributed by atoms with van der Waals surface area (Å²) in [7, 11) is 1.89. The third kappa shape index (κ3) is 5.72. The van der Waals surface area contributed by atoms with Crippen LogP contribution in [0.1, 0.15) is 28.8 Å². The van der Waals surface area contributed by atoms with E-state index in [9.17, 15) is 9.59 Å². The lowest BCUT2D eigenvalue weighted by molar-refractivity contribution is -0.116. The molecule has 5 nitrogen and oxygen atoms in total. The van der Waals surface area contributed by atoms with Gasteiger partial charge in [-0.2, -0.15) is 0 Å². The summed E-state index contributed by atoms with van der Waals surface area (Å²) in [4.78, 5) is 26.0. The predicted octanol–water partition coefficient (Wildman–Crippen LogP) is 3.03. The third-order valence-corrected chi connectivity index (χ3v) is 3.98.